The highest BCUT2D eigenvalue weighted by Gasteiger charge is 2.16. The molecule has 0 amide bonds. The molecule has 0 spiro atoms. The number of fused-ring (bicyclic) bond motifs is 2. The highest BCUT2D eigenvalue weighted by molar-refractivity contribution is 5.96. The fourth-order valence-corrected chi connectivity index (χ4v) is 3.30. The van der Waals surface area contributed by atoms with Crippen LogP contribution in [0, 0.1) is 0 Å². The summed E-state index contributed by atoms with van der Waals surface area (Å²) in [5, 5.41) is 13.4. The van der Waals surface area contributed by atoms with E-state index in [1.54, 1.807) is 24.2 Å². The summed E-state index contributed by atoms with van der Waals surface area (Å²) >= 11 is 0. The van der Waals surface area contributed by atoms with E-state index >= 15 is 0 Å². The Bertz CT molecular complexity index is 1290. The van der Waals surface area contributed by atoms with E-state index in [-0.39, 0.29) is 0 Å². The second-order valence-electron chi connectivity index (χ2n) is 6.27. The molecule has 0 atom stereocenters. The SMILES string of the molecule is COc1cccc(-c2nc(-c3cccc4[nH]ncc34)nc3c2cnn3C)c1. The number of nitrogens with zero attached hydrogens (tertiary/aromatic N) is 5. The van der Waals surface area contributed by atoms with E-state index in [4.69, 9.17) is 14.7 Å². The van der Waals surface area contributed by atoms with Gasteiger partial charge in [0.15, 0.2) is 11.5 Å². The first-order valence-electron chi connectivity index (χ1n) is 8.51. The minimum Gasteiger partial charge on any atom is -0.497 e. The van der Waals surface area contributed by atoms with Gasteiger partial charge in [-0.25, -0.2) is 9.97 Å². The summed E-state index contributed by atoms with van der Waals surface area (Å²) in [7, 11) is 3.54. The van der Waals surface area contributed by atoms with Crippen molar-refractivity contribution >= 4 is 21.9 Å². The van der Waals surface area contributed by atoms with Gasteiger partial charge in [0, 0.05) is 23.6 Å². The van der Waals surface area contributed by atoms with Crippen LogP contribution in [-0.2, 0) is 7.05 Å². The number of aromatic nitrogens is 6. The van der Waals surface area contributed by atoms with Gasteiger partial charge < -0.3 is 4.74 Å². The minimum absolute atomic E-state index is 0.635. The Morgan fingerprint density at radius 1 is 1.00 bits per heavy atom. The average molecular weight is 356 g/mol. The van der Waals surface area contributed by atoms with Crippen LogP contribution in [0.15, 0.2) is 54.9 Å². The van der Waals surface area contributed by atoms with Gasteiger partial charge in [-0.2, -0.15) is 10.2 Å². The lowest BCUT2D eigenvalue weighted by atomic mass is 10.1. The fraction of sp³-hybridized carbons (Fsp3) is 0.100. The molecule has 1 N–H and O–H groups in total. The molecule has 0 aliphatic rings. The van der Waals surface area contributed by atoms with Gasteiger partial charge in [0.2, 0.25) is 0 Å². The molecule has 5 aromatic rings. The molecule has 7 heteroatoms. The van der Waals surface area contributed by atoms with Crippen LogP contribution in [0.1, 0.15) is 0 Å². The van der Waals surface area contributed by atoms with Crippen LogP contribution in [0.5, 0.6) is 5.75 Å². The van der Waals surface area contributed by atoms with Gasteiger partial charge in [-0.3, -0.25) is 9.78 Å². The molecule has 0 bridgehead atoms. The lowest BCUT2D eigenvalue weighted by molar-refractivity contribution is 0.415. The molecule has 0 fully saturated rings. The van der Waals surface area contributed by atoms with Crippen molar-refractivity contribution in [1.82, 2.24) is 29.9 Å². The van der Waals surface area contributed by atoms with Crippen molar-refractivity contribution < 1.29 is 4.74 Å². The number of benzene rings is 2. The summed E-state index contributed by atoms with van der Waals surface area (Å²) in [6.45, 7) is 0. The van der Waals surface area contributed by atoms with Crippen molar-refractivity contribution in [3.8, 4) is 28.4 Å². The minimum atomic E-state index is 0.635. The molecule has 132 valence electrons. The van der Waals surface area contributed by atoms with Gasteiger partial charge in [0.25, 0.3) is 0 Å². The first-order chi connectivity index (χ1) is 13.2. The third-order valence-corrected chi connectivity index (χ3v) is 4.66. The van der Waals surface area contributed by atoms with Crippen molar-refractivity contribution in [1.29, 1.82) is 0 Å². The van der Waals surface area contributed by atoms with Gasteiger partial charge >= 0.3 is 0 Å². The summed E-state index contributed by atoms with van der Waals surface area (Å²) in [6.07, 6.45) is 3.60. The summed E-state index contributed by atoms with van der Waals surface area (Å²) in [6, 6.07) is 13.8. The lowest BCUT2D eigenvalue weighted by Gasteiger charge is -2.09. The second kappa shape index (κ2) is 5.91. The highest BCUT2D eigenvalue weighted by atomic mass is 16.5. The molecule has 0 saturated carbocycles. The lowest BCUT2D eigenvalue weighted by Crippen LogP contribution is -1.98. The van der Waals surface area contributed by atoms with Crippen molar-refractivity contribution in [2.24, 2.45) is 7.05 Å². The first-order valence-corrected chi connectivity index (χ1v) is 8.51. The zero-order valence-electron chi connectivity index (χ0n) is 14.8. The standard InChI is InChI=1S/C20H16N6O/c1-26-20-16(11-22-26)18(12-5-3-6-13(9-12)27-2)23-19(24-20)14-7-4-8-17-15(14)10-21-25-17/h3-11H,1-2H3,(H,21,25). The van der Waals surface area contributed by atoms with Crippen molar-refractivity contribution in [3.63, 3.8) is 0 Å². The Balaban J connectivity index is 1.82. The monoisotopic (exact) mass is 356 g/mol. The van der Waals surface area contributed by atoms with Gasteiger partial charge in [0.1, 0.15) is 5.75 Å². The number of hydrogen-bond acceptors (Lipinski definition) is 5. The third-order valence-electron chi connectivity index (χ3n) is 4.66. The zero-order chi connectivity index (χ0) is 18.4. The van der Waals surface area contributed by atoms with Crippen molar-refractivity contribution in [3.05, 3.63) is 54.9 Å². The van der Waals surface area contributed by atoms with Crippen LogP contribution >= 0.6 is 0 Å². The first kappa shape index (κ1) is 15.5. The van der Waals surface area contributed by atoms with E-state index in [2.05, 4.69) is 15.3 Å². The quantitative estimate of drug-likeness (QED) is 0.534. The Hall–Kier alpha value is -3.74. The van der Waals surface area contributed by atoms with Gasteiger partial charge in [-0.05, 0) is 18.2 Å². The molecule has 0 aliphatic carbocycles. The molecule has 0 aliphatic heterocycles. The molecular weight excluding hydrogens is 340 g/mol. The maximum atomic E-state index is 5.38. The summed E-state index contributed by atoms with van der Waals surface area (Å²) in [4.78, 5) is 9.68. The van der Waals surface area contributed by atoms with Crippen LogP contribution < -0.4 is 4.74 Å². The van der Waals surface area contributed by atoms with E-state index in [0.717, 1.165) is 44.5 Å². The smallest absolute Gasteiger partial charge is 0.163 e. The number of ether oxygens (including phenoxy) is 1. The number of H-pyrrole nitrogens is 1. The Labute approximate surface area is 154 Å². The molecule has 27 heavy (non-hydrogen) atoms. The van der Waals surface area contributed by atoms with E-state index < -0.39 is 0 Å². The normalized spacial score (nSPS) is 11.3. The number of methoxy groups -OCH3 is 1. The zero-order valence-corrected chi connectivity index (χ0v) is 14.8. The van der Waals surface area contributed by atoms with Crippen LogP contribution in [-0.4, -0.2) is 37.1 Å². The van der Waals surface area contributed by atoms with Gasteiger partial charge in [-0.1, -0.05) is 24.3 Å². The van der Waals surface area contributed by atoms with E-state index in [1.165, 1.54) is 0 Å². The number of aromatic amines is 1. The molecule has 0 saturated heterocycles. The maximum absolute atomic E-state index is 5.38. The Morgan fingerprint density at radius 3 is 2.78 bits per heavy atom. The van der Waals surface area contributed by atoms with Gasteiger partial charge in [0.05, 0.1) is 36.1 Å². The Morgan fingerprint density at radius 2 is 1.89 bits per heavy atom. The van der Waals surface area contributed by atoms with Crippen LogP contribution in [0.2, 0.25) is 0 Å². The molecular formula is C20H16N6O. The summed E-state index contributed by atoms with van der Waals surface area (Å²) < 4.78 is 7.14. The molecule has 2 aromatic carbocycles. The van der Waals surface area contributed by atoms with Crippen LogP contribution in [0.25, 0.3) is 44.6 Å². The predicted octanol–water partition coefficient (Wildman–Crippen LogP) is 3.58. The van der Waals surface area contributed by atoms with Crippen molar-refractivity contribution in [2.45, 2.75) is 0 Å². The summed E-state index contributed by atoms with van der Waals surface area (Å²) in [5.74, 6) is 1.41. The fourth-order valence-electron chi connectivity index (χ4n) is 3.30. The van der Waals surface area contributed by atoms with E-state index in [0.29, 0.717) is 5.82 Å². The third kappa shape index (κ3) is 2.43. The molecule has 3 aromatic heterocycles. The van der Waals surface area contributed by atoms with Crippen LogP contribution in [0.4, 0.5) is 0 Å². The van der Waals surface area contributed by atoms with E-state index in [9.17, 15) is 0 Å². The summed E-state index contributed by atoms with van der Waals surface area (Å²) in [5.41, 5.74) is 4.42. The number of nitrogens with one attached hydrogen (secondary N) is 1. The highest BCUT2D eigenvalue weighted by Crippen LogP contribution is 2.32. The topological polar surface area (TPSA) is 81.5 Å². The molecule has 3 heterocycles. The van der Waals surface area contributed by atoms with Gasteiger partial charge in [-0.15, -0.1) is 0 Å². The molecule has 0 unspecified atom stereocenters. The Kier molecular flexibility index (Phi) is 3.39. The number of rotatable bonds is 3. The largest absolute Gasteiger partial charge is 0.497 e. The maximum Gasteiger partial charge on any atom is 0.163 e. The van der Waals surface area contributed by atoms with Crippen molar-refractivity contribution in [2.75, 3.05) is 7.11 Å². The number of hydrogen-bond donors (Lipinski definition) is 1. The second-order valence-corrected chi connectivity index (χ2v) is 6.27. The number of aryl methyl sites for hydroxylation is 1. The van der Waals surface area contributed by atoms with Crippen LogP contribution in [0.3, 0.4) is 0 Å². The average Bonchev–Trinajstić information content (AvgIpc) is 3.34. The molecule has 5 rings (SSSR count). The molecule has 0 radical (unpaired) electrons. The predicted molar refractivity (Wildman–Crippen MR) is 103 cm³/mol. The van der Waals surface area contributed by atoms with E-state index in [1.807, 2.05) is 49.5 Å². The molecule has 7 nitrogen and oxygen atoms in total.